The van der Waals surface area contributed by atoms with Gasteiger partial charge in [-0.05, 0) is 36.6 Å². The Bertz CT molecular complexity index is 138. The molecule has 1 rings (SSSR count). The van der Waals surface area contributed by atoms with Crippen LogP contribution in [0.3, 0.4) is 0 Å². The number of aliphatic hydroxyl groups is 1. The molecule has 0 aromatic carbocycles. The molecule has 0 aliphatic heterocycles. The van der Waals surface area contributed by atoms with Crippen LogP contribution >= 0.6 is 0 Å². The average molecular weight is 157 g/mol. The van der Waals surface area contributed by atoms with Gasteiger partial charge in [0.2, 0.25) is 0 Å². The molecule has 2 heteroatoms. The highest BCUT2D eigenvalue weighted by molar-refractivity contribution is 5.03. The van der Waals surface area contributed by atoms with E-state index in [1.165, 1.54) is 12.8 Å². The summed E-state index contributed by atoms with van der Waals surface area (Å²) in [4.78, 5) is 0. The van der Waals surface area contributed by atoms with Crippen LogP contribution in [-0.4, -0.2) is 18.3 Å². The van der Waals surface area contributed by atoms with Gasteiger partial charge in [-0.15, -0.1) is 0 Å². The van der Waals surface area contributed by atoms with Gasteiger partial charge in [-0.3, -0.25) is 0 Å². The monoisotopic (exact) mass is 157 g/mol. The molecule has 0 spiro atoms. The maximum atomic E-state index is 9.16. The summed E-state index contributed by atoms with van der Waals surface area (Å²) in [6, 6.07) is 0. The third kappa shape index (κ3) is 1.42. The van der Waals surface area contributed by atoms with Crippen LogP contribution in [0.1, 0.15) is 33.1 Å². The van der Waals surface area contributed by atoms with Crippen LogP contribution in [0.4, 0.5) is 0 Å². The van der Waals surface area contributed by atoms with Crippen LogP contribution in [0.15, 0.2) is 0 Å². The predicted molar refractivity (Wildman–Crippen MR) is 46.2 cm³/mol. The molecule has 1 aliphatic carbocycles. The number of hydrogen-bond donors (Lipinski definition) is 2. The standard InChI is InChI=1S/C9H19NO/c1-8(2,7-11)9(3-4-9)5-6-10/h11H,3-7,10H2,1-2H3. The van der Waals surface area contributed by atoms with Crippen molar-refractivity contribution in [1.29, 1.82) is 0 Å². The van der Waals surface area contributed by atoms with Gasteiger partial charge < -0.3 is 10.8 Å². The van der Waals surface area contributed by atoms with Crippen LogP contribution in [0.2, 0.25) is 0 Å². The molecule has 0 aromatic rings. The molecule has 3 N–H and O–H groups in total. The van der Waals surface area contributed by atoms with Gasteiger partial charge in [-0.25, -0.2) is 0 Å². The van der Waals surface area contributed by atoms with E-state index in [9.17, 15) is 0 Å². The zero-order chi connectivity index (χ0) is 8.54. The summed E-state index contributed by atoms with van der Waals surface area (Å²) in [7, 11) is 0. The van der Waals surface area contributed by atoms with Crippen LogP contribution in [0.5, 0.6) is 0 Å². The highest BCUT2D eigenvalue weighted by atomic mass is 16.3. The second-order valence-corrected chi connectivity index (χ2v) is 4.36. The number of rotatable bonds is 4. The maximum Gasteiger partial charge on any atom is 0.0487 e. The highest BCUT2D eigenvalue weighted by Crippen LogP contribution is 2.60. The van der Waals surface area contributed by atoms with Crippen LogP contribution in [0, 0.1) is 10.8 Å². The average Bonchev–Trinajstić information content (AvgIpc) is 2.70. The first-order valence-electron chi connectivity index (χ1n) is 4.39. The van der Waals surface area contributed by atoms with Crippen LogP contribution in [0.25, 0.3) is 0 Å². The molecule has 11 heavy (non-hydrogen) atoms. The van der Waals surface area contributed by atoms with E-state index >= 15 is 0 Å². The van der Waals surface area contributed by atoms with Crippen molar-refractivity contribution in [1.82, 2.24) is 0 Å². The molecule has 1 aliphatic rings. The van der Waals surface area contributed by atoms with Gasteiger partial charge in [-0.2, -0.15) is 0 Å². The normalized spacial score (nSPS) is 21.8. The lowest BCUT2D eigenvalue weighted by Gasteiger charge is -2.32. The SMILES string of the molecule is CC(C)(CO)C1(CCN)CC1. The highest BCUT2D eigenvalue weighted by Gasteiger charge is 2.52. The first kappa shape index (κ1) is 9.01. The summed E-state index contributed by atoms with van der Waals surface area (Å²) in [6.45, 7) is 5.31. The van der Waals surface area contributed by atoms with Crippen molar-refractivity contribution in [2.75, 3.05) is 13.2 Å². The van der Waals surface area contributed by atoms with Gasteiger partial charge in [0.05, 0.1) is 0 Å². The summed E-state index contributed by atoms with van der Waals surface area (Å²) < 4.78 is 0. The van der Waals surface area contributed by atoms with Crippen LogP contribution < -0.4 is 5.73 Å². The molecule has 2 nitrogen and oxygen atoms in total. The summed E-state index contributed by atoms with van der Waals surface area (Å²) in [5, 5.41) is 9.16. The summed E-state index contributed by atoms with van der Waals surface area (Å²) in [6.07, 6.45) is 3.57. The molecule has 1 fully saturated rings. The fourth-order valence-electron chi connectivity index (χ4n) is 1.86. The molecular weight excluding hydrogens is 138 g/mol. The second-order valence-electron chi connectivity index (χ2n) is 4.36. The van der Waals surface area contributed by atoms with Crippen molar-refractivity contribution in [3.05, 3.63) is 0 Å². The van der Waals surface area contributed by atoms with Gasteiger partial charge >= 0.3 is 0 Å². The predicted octanol–water partition coefficient (Wildman–Crippen LogP) is 1.13. The van der Waals surface area contributed by atoms with Gasteiger partial charge in [0.25, 0.3) is 0 Å². The van der Waals surface area contributed by atoms with Gasteiger partial charge in [-0.1, -0.05) is 13.8 Å². The minimum absolute atomic E-state index is 0.0758. The molecule has 0 amide bonds. The molecule has 0 unspecified atom stereocenters. The van der Waals surface area contributed by atoms with E-state index in [-0.39, 0.29) is 12.0 Å². The van der Waals surface area contributed by atoms with Crippen molar-refractivity contribution in [3.63, 3.8) is 0 Å². The largest absolute Gasteiger partial charge is 0.396 e. The smallest absolute Gasteiger partial charge is 0.0487 e. The molecule has 1 saturated carbocycles. The Morgan fingerprint density at radius 2 is 2.00 bits per heavy atom. The Hall–Kier alpha value is -0.0800. The van der Waals surface area contributed by atoms with Gasteiger partial charge in [0.15, 0.2) is 0 Å². The fourth-order valence-corrected chi connectivity index (χ4v) is 1.86. The number of nitrogens with two attached hydrogens (primary N) is 1. The van der Waals surface area contributed by atoms with Crippen LogP contribution in [-0.2, 0) is 0 Å². The molecule has 0 heterocycles. The summed E-state index contributed by atoms with van der Waals surface area (Å²) in [5.74, 6) is 0. The second kappa shape index (κ2) is 2.76. The van der Waals surface area contributed by atoms with E-state index in [4.69, 9.17) is 10.8 Å². The first-order chi connectivity index (χ1) is 5.08. The van der Waals surface area contributed by atoms with E-state index in [1.54, 1.807) is 0 Å². The van der Waals surface area contributed by atoms with Gasteiger partial charge in [0, 0.05) is 6.61 Å². The minimum Gasteiger partial charge on any atom is -0.396 e. The topological polar surface area (TPSA) is 46.2 Å². The lowest BCUT2D eigenvalue weighted by atomic mass is 9.74. The fraction of sp³-hybridized carbons (Fsp3) is 1.00. The molecule has 0 atom stereocenters. The van der Waals surface area contributed by atoms with E-state index in [0.717, 1.165) is 13.0 Å². The first-order valence-corrected chi connectivity index (χ1v) is 4.39. The Balaban J connectivity index is 2.56. The number of aliphatic hydroxyl groups excluding tert-OH is 1. The van der Waals surface area contributed by atoms with Crippen molar-refractivity contribution in [2.24, 2.45) is 16.6 Å². The third-order valence-electron chi connectivity index (χ3n) is 3.31. The molecule has 66 valence electrons. The lowest BCUT2D eigenvalue weighted by molar-refractivity contribution is 0.0764. The number of hydrogen-bond acceptors (Lipinski definition) is 2. The molecule has 0 bridgehead atoms. The Kier molecular flexibility index (Phi) is 2.26. The van der Waals surface area contributed by atoms with Crippen molar-refractivity contribution < 1.29 is 5.11 Å². The summed E-state index contributed by atoms with van der Waals surface area (Å²) >= 11 is 0. The maximum absolute atomic E-state index is 9.16. The quantitative estimate of drug-likeness (QED) is 0.642. The Morgan fingerprint density at radius 3 is 2.27 bits per heavy atom. The molecular formula is C9H19NO. The Labute approximate surface area is 68.8 Å². The van der Waals surface area contributed by atoms with Gasteiger partial charge in [0.1, 0.15) is 0 Å². The van der Waals surface area contributed by atoms with Crippen molar-refractivity contribution in [3.8, 4) is 0 Å². The molecule has 0 saturated heterocycles. The molecule has 0 radical (unpaired) electrons. The van der Waals surface area contributed by atoms with E-state index in [2.05, 4.69) is 13.8 Å². The minimum atomic E-state index is 0.0758. The Morgan fingerprint density at radius 1 is 1.45 bits per heavy atom. The van der Waals surface area contributed by atoms with Crippen molar-refractivity contribution in [2.45, 2.75) is 33.1 Å². The summed E-state index contributed by atoms with van der Waals surface area (Å²) in [5.41, 5.74) is 5.97. The zero-order valence-electron chi connectivity index (χ0n) is 7.56. The van der Waals surface area contributed by atoms with E-state index in [1.807, 2.05) is 0 Å². The van der Waals surface area contributed by atoms with Crippen molar-refractivity contribution >= 4 is 0 Å². The van der Waals surface area contributed by atoms with E-state index in [0.29, 0.717) is 5.41 Å². The lowest BCUT2D eigenvalue weighted by Crippen LogP contribution is -2.31. The third-order valence-corrected chi connectivity index (χ3v) is 3.31. The molecule has 0 aromatic heterocycles. The van der Waals surface area contributed by atoms with E-state index < -0.39 is 0 Å². The zero-order valence-corrected chi connectivity index (χ0v) is 7.56.